The fourth-order valence-electron chi connectivity index (χ4n) is 3.21. The van der Waals surface area contributed by atoms with E-state index in [1.807, 2.05) is 0 Å². The normalized spacial score (nSPS) is 19.6. The van der Waals surface area contributed by atoms with Crippen LogP contribution in [-0.2, 0) is 0 Å². The molecule has 29 heavy (non-hydrogen) atoms. The number of aliphatic hydroxyl groups is 1. The molecule has 2 N–H and O–H groups in total. The summed E-state index contributed by atoms with van der Waals surface area (Å²) in [6.07, 6.45) is -0.894. The summed E-state index contributed by atoms with van der Waals surface area (Å²) < 4.78 is 42.6. The molecule has 1 aliphatic rings. The van der Waals surface area contributed by atoms with Gasteiger partial charge in [0.1, 0.15) is 0 Å². The molecule has 0 radical (unpaired) electrons. The number of hydrogen-bond donors (Lipinski definition) is 2. The van der Waals surface area contributed by atoms with Crippen molar-refractivity contribution in [1.29, 1.82) is 0 Å². The first-order chi connectivity index (χ1) is 13.7. The van der Waals surface area contributed by atoms with Gasteiger partial charge in [-0.3, -0.25) is 4.79 Å². The van der Waals surface area contributed by atoms with E-state index < -0.39 is 24.8 Å². The Morgan fingerprint density at radius 2 is 1.93 bits per heavy atom. The van der Waals surface area contributed by atoms with Gasteiger partial charge in [0, 0.05) is 16.8 Å². The number of rotatable bonds is 5. The summed E-state index contributed by atoms with van der Waals surface area (Å²) in [5.41, 5.74) is 0.904. The van der Waals surface area contributed by atoms with Gasteiger partial charge in [0.05, 0.1) is 17.7 Å². The van der Waals surface area contributed by atoms with Gasteiger partial charge in [-0.25, -0.2) is 4.98 Å². The smallest absolute Gasteiger partial charge is 0.422 e. The first-order valence-electron chi connectivity index (χ1n) is 9.17. The molecule has 1 heterocycles. The van der Waals surface area contributed by atoms with Crippen LogP contribution in [0, 0.1) is 0 Å². The number of hydrogen-bond acceptors (Lipinski definition) is 4. The highest BCUT2D eigenvalue weighted by Gasteiger charge is 2.30. The Kier molecular flexibility index (Phi) is 6.64. The Labute approximate surface area is 170 Å². The Hall–Kier alpha value is -2.32. The summed E-state index contributed by atoms with van der Waals surface area (Å²) in [7, 11) is 0. The highest BCUT2D eigenvalue weighted by molar-refractivity contribution is 6.30. The van der Waals surface area contributed by atoms with Crippen molar-refractivity contribution in [2.45, 2.75) is 44.0 Å². The van der Waals surface area contributed by atoms with E-state index in [-0.39, 0.29) is 23.0 Å². The van der Waals surface area contributed by atoms with E-state index in [2.05, 4.69) is 10.3 Å². The predicted molar refractivity (Wildman–Crippen MR) is 102 cm³/mol. The van der Waals surface area contributed by atoms with Crippen molar-refractivity contribution in [1.82, 2.24) is 10.3 Å². The van der Waals surface area contributed by atoms with Crippen molar-refractivity contribution < 1.29 is 27.8 Å². The van der Waals surface area contributed by atoms with E-state index in [1.54, 1.807) is 24.3 Å². The number of carbonyl (C=O) groups excluding carboxylic acids is 1. The van der Waals surface area contributed by atoms with Gasteiger partial charge in [-0.1, -0.05) is 36.6 Å². The molecular weight excluding hydrogens is 409 g/mol. The highest BCUT2D eigenvalue weighted by Crippen LogP contribution is 2.31. The zero-order chi connectivity index (χ0) is 21.0. The van der Waals surface area contributed by atoms with Gasteiger partial charge in [0.15, 0.2) is 6.61 Å². The molecule has 1 aromatic carbocycles. The van der Waals surface area contributed by atoms with E-state index in [4.69, 9.17) is 16.3 Å². The number of benzene rings is 1. The maximum absolute atomic E-state index is 12.6. The lowest BCUT2D eigenvalue weighted by Gasteiger charge is -2.28. The number of pyridine rings is 1. The zero-order valence-electron chi connectivity index (χ0n) is 15.4. The fraction of sp³-hybridized carbons (Fsp3) is 0.400. The largest absolute Gasteiger partial charge is 0.468 e. The average molecular weight is 429 g/mol. The summed E-state index contributed by atoms with van der Waals surface area (Å²) in [6, 6.07) is 7.42. The minimum absolute atomic E-state index is 0.159. The fourth-order valence-corrected chi connectivity index (χ4v) is 3.34. The number of alkyl halides is 3. The second-order valence-electron chi connectivity index (χ2n) is 6.92. The van der Waals surface area contributed by atoms with Gasteiger partial charge in [-0.2, -0.15) is 13.2 Å². The minimum Gasteiger partial charge on any atom is -0.468 e. The standard InChI is InChI=1S/C20H20ClF3N2O3/c21-14-7-5-12(6-8-14)15-9-13(10-25-19(15)29-11-20(22,23)24)18(28)26-16-3-1-2-4-17(16)27/h5-10,16-17,27H,1-4,11H2,(H,26,28)/t16?,17-/m1/s1. The van der Waals surface area contributed by atoms with E-state index in [0.717, 1.165) is 19.0 Å². The van der Waals surface area contributed by atoms with E-state index >= 15 is 0 Å². The summed E-state index contributed by atoms with van der Waals surface area (Å²) in [4.78, 5) is 16.6. The lowest BCUT2D eigenvalue weighted by molar-refractivity contribution is -0.154. The van der Waals surface area contributed by atoms with Gasteiger partial charge >= 0.3 is 6.18 Å². The number of amides is 1. The van der Waals surface area contributed by atoms with Gasteiger partial charge in [0.25, 0.3) is 5.91 Å². The first-order valence-corrected chi connectivity index (χ1v) is 9.55. The molecule has 1 aromatic heterocycles. The molecule has 3 rings (SSSR count). The van der Waals surface area contributed by atoms with Gasteiger partial charge < -0.3 is 15.2 Å². The molecule has 1 fully saturated rings. The molecule has 2 aromatic rings. The number of aromatic nitrogens is 1. The van der Waals surface area contributed by atoms with Crippen LogP contribution in [0.5, 0.6) is 5.88 Å². The van der Waals surface area contributed by atoms with Crippen LogP contribution >= 0.6 is 11.6 Å². The van der Waals surface area contributed by atoms with Gasteiger partial charge in [-0.15, -0.1) is 0 Å². The molecular formula is C20H20ClF3N2O3. The third-order valence-corrected chi connectivity index (χ3v) is 4.94. The predicted octanol–water partition coefficient (Wildman–Crippen LogP) is 4.38. The monoisotopic (exact) mass is 428 g/mol. The second-order valence-corrected chi connectivity index (χ2v) is 7.36. The molecule has 1 unspecified atom stereocenters. The van der Waals surface area contributed by atoms with Gasteiger partial charge in [0.2, 0.25) is 5.88 Å². The quantitative estimate of drug-likeness (QED) is 0.741. The number of halogens is 4. The minimum atomic E-state index is -4.52. The van der Waals surface area contributed by atoms with Crippen LogP contribution in [0.4, 0.5) is 13.2 Å². The Bertz CT molecular complexity index is 859. The van der Waals surface area contributed by atoms with Crippen molar-refractivity contribution in [3.05, 3.63) is 47.1 Å². The Morgan fingerprint density at radius 3 is 2.59 bits per heavy atom. The van der Waals surface area contributed by atoms with Gasteiger partial charge in [-0.05, 0) is 36.6 Å². The Balaban J connectivity index is 1.87. The van der Waals surface area contributed by atoms with Crippen LogP contribution in [0.1, 0.15) is 36.0 Å². The molecule has 0 bridgehead atoms. The molecule has 1 saturated carbocycles. The molecule has 156 valence electrons. The van der Waals surface area contributed by atoms with Crippen LogP contribution < -0.4 is 10.1 Å². The lowest BCUT2D eigenvalue weighted by atomic mass is 9.92. The number of aliphatic hydroxyl groups excluding tert-OH is 1. The molecule has 0 saturated heterocycles. The summed E-state index contributed by atoms with van der Waals surface area (Å²) in [5, 5.41) is 13.3. The second kappa shape index (κ2) is 9.00. The molecule has 1 aliphatic carbocycles. The zero-order valence-corrected chi connectivity index (χ0v) is 16.1. The van der Waals surface area contributed by atoms with Crippen LogP contribution in [-0.4, -0.2) is 40.9 Å². The van der Waals surface area contributed by atoms with E-state index in [0.29, 0.717) is 23.4 Å². The number of nitrogens with one attached hydrogen (secondary N) is 1. The Morgan fingerprint density at radius 1 is 1.24 bits per heavy atom. The molecule has 1 amide bonds. The highest BCUT2D eigenvalue weighted by atomic mass is 35.5. The molecule has 2 atom stereocenters. The van der Waals surface area contributed by atoms with Crippen molar-refractivity contribution in [2.24, 2.45) is 0 Å². The third-order valence-electron chi connectivity index (χ3n) is 4.69. The number of carbonyl (C=O) groups is 1. The van der Waals surface area contributed by atoms with Crippen LogP contribution in [0.25, 0.3) is 11.1 Å². The maximum Gasteiger partial charge on any atom is 0.422 e. The summed E-state index contributed by atoms with van der Waals surface area (Å²) in [6.45, 7) is -1.50. The SMILES string of the molecule is O=C(NC1CCCC[C@H]1O)c1cnc(OCC(F)(F)F)c(-c2ccc(Cl)cc2)c1. The molecule has 5 nitrogen and oxygen atoms in total. The van der Waals surface area contributed by atoms with E-state index in [9.17, 15) is 23.1 Å². The number of nitrogens with zero attached hydrogens (tertiary/aromatic N) is 1. The van der Waals surface area contributed by atoms with Crippen LogP contribution in [0.2, 0.25) is 5.02 Å². The maximum atomic E-state index is 12.6. The topological polar surface area (TPSA) is 71.5 Å². The molecule has 9 heteroatoms. The lowest BCUT2D eigenvalue weighted by Crippen LogP contribution is -2.45. The number of ether oxygens (including phenoxy) is 1. The van der Waals surface area contributed by atoms with Crippen molar-refractivity contribution in [3.8, 4) is 17.0 Å². The van der Waals surface area contributed by atoms with Crippen molar-refractivity contribution >= 4 is 17.5 Å². The van der Waals surface area contributed by atoms with Crippen LogP contribution in [0.15, 0.2) is 36.5 Å². The van der Waals surface area contributed by atoms with Crippen molar-refractivity contribution in [2.75, 3.05) is 6.61 Å². The third kappa shape index (κ3) is 5.83. The van der Waals surface area contributed by atoms with Crippen LogP contribution in [0.3, 0.4) is 0 Å². The molecule has 0 aliphatic heterocycles. The summed E-state index contributed by atoms with van der Waals surface area (Å²) >= 11 is 5.88. The average Bonchev–Trinajstić information content (AvgIpc) is 2.68. The van der Waals surface area contributed by atoms with Crippen molar-refractivity contribution in [3.63, 3.8) is 0 Å². The van der Waals surface area contributed by atoms with E-state index in [1.165, 1.54) is 6.07 Å². The molecule has 0 spiro atoms. The summed E-state index contributed by atoms with van der Waals surface area (Å²) in [5.74, 6) is -0.695. The first kappa shape index (κ1) is 21.4.